The number of hydrogen-bond donors (Lipinski definition) is 1. The minimum absolute atomic E-state index is 0.0917. The lowest BCUT2D eigenvalue weighted by Crippen LogP contribution is -2.16. The van der Waals surface area contributed by atoms with E-state index < -0.39 is 6.10 Å². The standard InChI is InChI=1S/C8H11IO/c1-4-6(2)8(10)7(3)5-9/h1,5-6,8,10H,2-3H3/b7-5+/t6-,8-/m0/s1. The Morgan fingerprint density at radius 2 is 2.30 bits per heavy atom. The van der Waals surface area contributed by atoms with E-state index in [1.54, 1.807) is 0 Å². The van der Waals surface area contributed by atoms with Crippen molar-refractivity contribution in [2.24, 2.45) is 5.92 Å². The lowest BCUT2D eigenvalue weighted by molar-refractivity contribution is 0.178. The SMILES string of the molecule is C#C[C@H](C)[C@H](O)/C(C)=C/I. The van der Waals surface area contributed by atoms with Gasteiger partial charge in [0.2, 0.25) is 0 Å². The highest BCUT2D eigenvalue weighted by Crippen LogP contribution is 2.12. The molecule has 1 nitrogen and oxygen atoms in total. The van der Waals surface area contributed by atoms with Crippen LogP contribution in [0.3, 0.4) is 0 Å². The molecule has 10 heavy (non-hydrogen) atoms. The third-order valence-corrected chi connectivity index (χ3v) is 2.36. The van der Waals surface area contributed by atoms with Crippen LogP contribution in [0, 0.1) is 18.3 Å². The molecule has 0 saturated heterocycles. The molecule has 0 rings (SSSR count). The summed E-state index contributed by atoms with van der Waals surface area (Å²) in [6, 6.07) is 0. The van der Waals surface area contributed by atoms with Gasteiger partial charge in [0, 0.05) is 5.92 Å². The van der Waals surface area contributed by atoms with Crippen LogP contribution in [0.4, 0.5) is 0 Å². The minimum Gasteiger partial charge on any atom is -0.387 e. The van der Waals surface area contributed by atoms with Gasteiger partial charge in [-0.2, -0.15) is 0 Å². The summed E-state index contributed by atoms with van der Waals surface area (Å²) in [6.07, 6.45) is 4.64. The first-order chi connectivity index (χ1) is 4.63. The summed E-state index contributed by atoms with van der Waals surface area (Å²) in [4.78, 5) is 0. The van der Waals surface area contributed by atoms with Crippen LogP contribution < -0.4 is 0 Å². The van der Waals surface area contributed by atoms with Crippen molar-refractivity contribution in [2.45, 2.75) is 20.0 Å². The highest BCUT2D eigenvalue weighted by molar-refractivity contribution is 14.1. The number of rotatable bonds is 2. The van der Waals surface area contributed by atoms with Crippen molar-refractivity contribution in [1.82, 2.24) is 0 Å². The molecule has 56 valence electrons. The van der Waals surface area contributed by atoms with Crippen LogP contribution in [-0.4, -0.2) is 11.2 Å². The fourth-order valence-electron chi connectivity index (χ4n) is 0.550. The molecule has 0 heterocycles. The van der Waals surface area contributed by atoms with Crippen molar-refractivity contribution in [3.8, 4) is 12.3 Å². The Morgan fingerprint density at radius 1 is 1.80 bits per heavy atom. The second kappa shape index (κ2) is 4.75. The lowest BCUT2D eigenvalue weighted by atomic mass is 10.0. The Balaban J connectivity index is 4.11. The third-order valence-electron chi connectivity index (χ3n) is 1.38. The van der Waals surface area contributed by atoms with Gasteiger partial charge in [0.15, 0.2) is 0 Å². The first-order valence-electron chi connectivity index (χ1n) is 3.04. The number of aliphatic hydroxyl groups is 1. The van der Waals surface area contributed by atoms with E-state index in [0.717, 1.165) is 5.57 Å². The summed E-state index contributed by atoms with van der Waals surface area (Å²) in [5, 5.41) is 9.37. The number of terminal acetylenes is 1. The lowest BCUT2D eigenvalue weighted by Gasteiger charge is -2.12. The minimum atomic E-state index is -0.484. The highest BCUT2D eigenvalue weighted by Gasteiger charge is 2.11. The summed E-state index contributed by atoms with van der Waals surface area (Å²) in [7, 11) is 0. The Hall–Kier alpha value is -0.0100. The Labute approximate surface area is 75.7 Å². The maximum absolute atomic E-state index is 9.37. The molecule has 0 aliphatic carbocycles. The summed E-state index contributed by atoms with van der Waals surface area (Å²) < 4.78 is 1.84. The maximum Gasteiger partial charge on any atom is 0.0889 e. The van der Waals surface area contributed by atoms with Gasteiger partial charge in [-0.05, 0) is 23.5 Å². The van der Waals surface area contributed by atoms with E-state index >= 15 is 0 Å². The molecule has 0 aromatic carbocycles. The molecule has 0 fully saturated rings. The molecule has 0 spiro atoms. The molecule has 0 unspecified atom stereocenters. The van der Waals surface area contributed by atoms with Crippen molar-refractivity contribution in [2.75, 3.05) is 0 Å². The van der Waals surface area contributed by atoms with Crippen molar-refractivity contribution in [3.63, 3.8) is 0 Å². The van der Waals surface area contributed by atoms with E-state index in [2.05, 4.69) is 28.5 Å². The Kier molecular flexibility index (Phi) is 4.75. The maximum atomic E-state index is 9.37. The van der Waals surface area contributed by atoms with Crippen LogP contribution in [0.1, 0.15) is 13.8 Å². The monoisotopic (exact) mass is 250 g/mol. The average molecular weight is 250 g/mol. The number of halogens is 1. The molecule has 0 aromatic rings. The second-order valence-corrected chi connectivity index (χ2v) is 2.88. The van der Waals surface area contributed by atoms with Crippen LogP contribution in [0.2, 0.25) is 0 Å². The molecular formula is C8H11IO. The molecule has 0 aliphatic heterocycles. The fourth-order valence-corrected chi connectivity index (χ4v) is 0.918. The molecule has 0 radical (unpaired) electrons. The Bertz CT molecular complexity index is 167. The van der Waals surface area contributed by atoms with Crippen LogP contribution in [0.5, 0.6) is 0 Å². The van der Waals surface area contributed by atoms with E-state index in [-0.39, 0.29) is 5.92 Å². The zero-order valence-corrected chi connectivity index (χ0v) is 8.29. The largest absolute Gasteiger partial charge is 0.387 e. The molecule has 0 aromatic heterocycles. The van der Waals surface area contributed by atoms with Gasteiger partial charge in [-0.1, -0.05) is 22.6 Å². The fraction of sp³-hybridized carbons (Fsp3) is 0.500. The van der Waals surface area contributed by atoms with Crippen molar-refractivity contribution >= 4 is 22.6 Å². The molecule has 1 N–H and O–H groups in total. The molecule has 0 bridgehead atoms. The first-order valence-corrected chi connectivity index (χ1v) is 4.29. The van der Waals surface area contributed by atoms with Crippen LogP contribution in [0.15, 0.2) is 9.66 Å². The zero-order chi connectivity index (χ0) is 8.15. The summed E-state index contributed by atoms with van der Waals surface area (Å²) in [5.41, 5.74) is 0.922. The topological polar surface area (TPSA) is 20.2 Å². The smallest absolute Gasteiger partial charge is 0.0889 e. The van der Waals surface area contributed by atoms with Crippen molar-refractivity contribution in [1.29, 1.82) is 0 Å². The van der Waals surface area contributed by atoms with Gasteiger partial charge < -0.3 is 5.11 Å². The van der Waals surface area contributed by atoms with E-state index in [1.165, 1.54) is 0 Å². The second-order valence-electron chi connectivity index (χ2n) is 2.25. The van der Waals surface area contributed by atoms with Gasteiger partial charge in [0.1, 0.15) is 0 Å². The first kappa shape index (κ1) is 9.99. The van der Waals surface area contributed by atoms with Gasteiger partial charge in [-0.25, -0.2) is 0 Å². The molecule has 0 aliphatic rings. The number of aliphatic hydroxyl groups excluding tert-OH is 1. The van der Waals surface area contributed by atoms with Gasteiger partial charge in [0.25, 0.3) is 0 Å². The van der Waals surface area contributed by atoms with Gasteiger partial charge >= 0.3 is 0 Å². The van der Waals surface area contributed by atoms with Gasteiger partial charge in [-0.15, -0.1) is 12.3 Å². The predicted octanol–water partition coefficient (Wildman–Crippen LogP) is 1.96. The molecule has 2 heteroatoms. The van der Waals surface area contributed by atoms with E-state index in [0.29, 0.717) is 0 Å². The van der Waals surface area contributed by atoms with Crippen LogP contribution >= 0.6 is 22.6 Å². The summed E-state index contributed by atoms with van der Waals surface area (Å²) in [5.74, 6) is 2.39. The molecular weight excluding hydrogens is 239 g/mol. The summed E-state index contributed by atoms with van der Waals surface area (Å²) in [6.45, 7) is 3.69. The van der Waals surface area contributed by atoms with E-state index in [1.807, 2.05) is 17.9 Å². The third kappa shape index (κ3) is 2.72. The van der Waals surface area contributed by atoms with Crippen molar-refractivity contribution < 1.29 is 5.11 Å². The predicted molar refractivity (Wildman–Crippen MR) is 51.8 cm³/mol. The molecule has 0 saturated carbocycles. The van der Waals surface area contributed by atoms with Gasteiger partial charge in [0.05, 0.1) is 6.10 Å². The number of hydrogen-bond acceptors (Lipinski definition) is 1. The van der Waals surface area contributed by atoms with Gasteiger partial charge in [-0.3, -0.25) is 0 Å². The van der Waals surface area contributed by atoms with E-state index in [9.17, 15) is 5.11 Å². The zero-order valence-electron chi connectivity index (χ0n) is 6.13. The Morgan fingerprint density at radius 3 is 2.60 bits per heavy atom. The average Bonchev–Trinajstić information content (AvgIpc) is 2.00. The van der Waals surface area contributed by atoms with Crippen molar-refractivity contribution in [3.05, 3.63) is 9.66 Å². The highest BCUT2D eigenvalue weighted by atomic mass is 127. The molecule has 0 amide bonds. The summed E-state index contributed by atoms with van der Waals surface area (Å²) >= 11 is 2.09. The quantitative estimate of drug-likeness (QED) is 0.586. The normalized spacial score (nSPS) is 17.7. The molecule has 2 atom stereocenters. The van der Waals surface area contributed by atoms with Crippen LogP contribution in [-0.2, 0) is 0 Å². The van der Waals surface area contributed by atoms with E-state index in [4.69, 9.17) is 6.42 Å². The van der Waals surface area contributed by atoms with Crippen LogP contribution in [0.25, 0.3) is 0 Å².